The zero-order valence-corrected chi connectivity index (χ0v) is 13.4. The van der Waals surface area contributed by atoms with E-state index < -0.39 is 17.7 Å². The van der Waals surface area contributed by atoms with E-state index in [2.05, 4.69) is 9.97 Å². The van der Waals surface area contributed by atoms with Crippen molar-refractivity contribution in [2.45, 2.75) is 19.8 Å². The Morgan fingerprint density at radius 1 is 0.875 bits per heavy atom. The van der Waals surface area contributed by atoms with Crippen LogP contribution in [-0.4, -0.2) is 27.6 Å². The van der Waals surface area contributed by atoms with Crippen LogP contribution < -0.4 is 11.5 Å². The smallest absolute Gasteiger partial charge is 0.249 e. The molecular formula is C17H18N4O3. The van der Waals surface area contributed by atoms with Crippen molar-refractivity contribution in [3.05, 3.63) is 59.2 Å². The van der Waals surface area contributed by atoms with Gasteiger partial charge in [0.25, 0.3) is 0 Å². The number of pyridine rings is 2. The molecule has 0 aromatic carbocycles. The SMILES string of the molecule is CC(C)C(C(=O)c1cnccc1C(N)=O)c1cnccc1C(N)=O. The highest BCUT2D eigenvalue weighted by atomic mass is 16.2. The molecule has 1 unspecified atom stereocenters. The van der Waals surface area contributed by atoms with Crippen LogP contribution in [0.25, 0.3) is 0 Å². The molecule has 2 aromatic rings. The molecule has 2 rings (SSSR count). The molecular weight excluding hydrogens is 308 g/mol. The fourth-order valence-electron chi connectivity index (χ4n) is 2.66. The average Bonchev–Trinajstić information content (AvgIpc) is 2.54. The number of carbonyl (C=O) groups excluding carboxylic acids is 3. The van der Waals surface area contributed by atoms with Crippen LogP contribution >= 0.6 is 0 Å². The van der Waals surface area contributed by atoms with E-state index in [9.17, 15) is 14.4 Å². The van der Waals surface area contributed by atoms with Crippen LogP contribution in [0.2, 0.25) is 0 Å². The molecule has 124 valence electrons. The first-order chi connectivity index (χ1) is 11.3. The monoisotopic (exact) mass is 326 g/mol. The Balaban J connectivity index is 2.60. The first-order valence-corrected chi connectivity index (χ1v) is 7.36. The molecule has 0 saturated heterocycles. The topological polar surface area (TPSA) is 129 Å². The summed E-state index contributed by atoms with van der Waals surface area (Å²) in [6, 6.07) is 2.86. The summed E-state index contributed by atoms with van der Waals surface area (Å²) in [5, 5.41) is 0. The molecule has 2 amide bonds. The van der Waals surface area contributed by atoms with E-state index in [0.29, 0.717) is 5.56 Å². The van der Waals surface area contributed by atoms with Gasteiger partial charge in [-0.15, -0.1) is 0 Å². The van der Waals surface area contributed by atoms with Gasteiger partial charge in [0.15, 0.2) is 5.78 Å². The van der Waals surface area contributed by atoms with E-state index in [-0.39, 0.29) is 28.4 Å². The molecule has 7 nitrogen and oxygen atoms in total. The summed E-state index contributed by atoms with van der Waals surface area (Å²) < 4.78 is 0. The molecule has 24 heavy (non-hydrogen) atoms. The minimum Gasteiger partial charge on any atom is -0.366 e. The van der Waals surface area contributed by atoms with Crippen molar-refractivity contribution in [2.24, 2.45) is 17.4 Å². The maximum absolute atomic E-state index is 13.1. The molecule has 7 heteroatoms. The quantitative estimate of drug-likeness (QED) is 0.773. The molecule has 0 spiro atoms. The van der Waals surface area contributed by atoms with Gasteiger partial charge in [-0.05, 0) is 23.6 Å². The first kappa shape index (κ1) is 17.3. The third-order valence-electron chi connectivity index (χ3n) is 3.75. The van der Waals surface area contributed by atoms with Crippen LogP contribution in [0.4, 0.5) is 0 Å². The molecule has 2 aromatic heterocycles. The van der Waals surface area contributed by atoms with Crippen LogP contribution in [-0.2, 0) is 0 Å². The van der Waals surface area contributed by atoms with Gasteiger partial charge in [-0.1, -0.05) is 13.8 Å². The number of nitrogens with zero attached hydrogens (tertiary/aromatic N) is 2. The number of nitrogens with two attached hydrogens (primary N) is 2. The molecule has 2 heterocycles. The van der Waals surface area contributed by atoms with Crippen molar-refractivity contribution < 1.29 is 14.4 Å². The lowest BCUT2D eigenvalue weighted by Crippen LogP contribution is -2.26. The van der Waals surface area contributed by atoms with E-state index in [1.54, 1.807) is 0 Å². The van der Waals surface area contributed by atoms with E-state index >= 15 is 0 Å². The lowest BCUT2D eigenvalue weighted by atomic mass is 9.80. The van der Waals surface area contributed by atoms with Crippen molar-refractivity contribution in [3.63, 3.8) is 0 Å². The number of Topliss-reactive ketones (excluding diaryl/α,β-unsaturated/α-hetero) is 1. The third-order valence-corrected chi connectivity index (χ3v) is 3.75. The summed E-state index contributed by atoms with van der Waals surface area (Å²) in [6.45, 7) is 3.67. The van der Waals surface area contributed by atoms with Gasteiger partial charge < -0.3 is 11.5 Å². The fourth-order valence-corrected chi connectivity index (χ4v) is 2.66. The average molecular weight is 326 g/mol. The van der Waals surface area contributed by atoms with Crippen LogP contribution in [0.1, 0.15) is 56.4 Å². The Labute approximate surface area is 139 Å². The Bertz CT molecular complexity index is 802. The number of primary amides is 2. The van der Waals surface area contributed by atoms with Crippen molar-refractivity contribution in [1.82, 2.24) is 9.97 Å². The molecule has 0 aliphatic rings. The van der Waals surface area contributed by atoms with Crippen molar-refractivity contribution in [2.75, 3.05) is 0 Å². The maximum atomic E-state index is 13.1. The second-order valence-corrected chi connectivity index (χ2v) is 5.70. The van der Waals surface area contributed by atoms with E-state index in [1.165, 1.54) is 36.9 Å². The highest BCUT2D eigenvalue weighted by molar-refractivity contribution is 6.10. The maximum Gasteiger partial charge on any atom is 0.249 e. The van der Waals surface area contributed by atoms with E-state index in [4.69, 9.17) is 11.5 Å². The van der Waals surface area contributed by atoms with Crippen LogP contribution in [0, 0.1) is 5.92 Å². The first-order valence-electron chi connectivity index (χ1n) is 7.36. The summed E-state index contributed by atoms with van der Waals surface area (Å²) in [5.41, 5.74) is 11.6. The van der Waals surface area contributed by atoms with Crippen LogP contribution in [0.15, 0.2) is 36.9 Å². The van der Waals surface area contributed by atoms with Gasteiger partial charge in [0.05, 0.1) is 11.5 Å². The summed E-state index contributed by atoms with van der Waals surface area (Å²) >= 11 is 0. The van der Waals surface area contributed by atoms with Crippen LogP contribution in [0.5, 0.6) is 0 Å². The summed E-state index contributed by atoms with van der Waals surface area (Å²) in [6.07, 6.45) is 5.58. The van der Waals surface area contributed by atoms with Crippen molar-refractivity contribution >= 4 is 17.6 Å². The number of amides is 2. The molecule has 0 bridgehead atoms. The Morgan fingerprint density at radius 2 is 1.42 bits per heavy atom. The van der Waals surface area contributed by atoms with Gasteiger partial charge in [-0.3, -0.25) is 24.4 Å². The van der Waals surface area contributed by atoms with E-state index in [1.807, 2.05) is 13.8 Å². The zero-order valence-electron chi connectivity index (χ0n) is 13.4. The summed E-state index contributed by atoms with van der Waals surface area (Å²) in [5.74, 6) is -2.59. The molecule has 0 radical (unpaired) electrons. The standard InChI is InChI=1S/C17H18N4O3/c1-9(2)14(12-7-20-5-3-10(12)16(18)23)15(22)13-8-21-6-4-11(13)17(19)24/h3-9,14H,1-2H3,(H2,18,23)(H2,19,24). The summed E-state index contributed by atoms with van der Waals surface area (Å²) in [4.78, 5) is 44.2. The van der Waals surface area contributed by atoms with Crippen molar-refractivity contribution in [3.8, 4) is 0 Å². The third kappa shape index (κ3) is 3.29. The molecule has 1 atom stereocenters. The molecule has 0 fully saturated rings. The van der Waals surface area contributed by atoms with Gasteiger partial charge in [0.1, 0.15) is 0 Å². The number of rotatable bonds is 6. The number of ketones is 1. The zero-order chi connectivity index (χ0) is 17.9. The van der Waals surface area contributed by atoms with Crippen molar-refractivity contribution in [1.29, 1.82) is 0 Å². The fraction of sp³-hybridized carbons (Fsp3) is 0.235. The lowest BCUT2D eigenvalue weighted by molar-refractivity contribution is 0.0920. The Hall–Kier alpha value is -3.09. The normalized spacial score (nSPS) is 12.0. The van der Waals surface area contributed by atoms with Crippen LogP contribution in [0.3, 0.4) is 0 Å². The minimum absolute atomic E-state index is 0.0881. The predicted molar refractivity (Wildman–Crippen MR) is 87.4 cm³/mol. The number of aromatic nitrogens is 2. The molecule has 0 saturated carbocycles. The second kappa shape index (κ2) is 6.99. The number of hydrogen-bond donors (Lipinski definition) is 2. The highest BCUT2D eigenvalue weighted by Crippen LogP contribution is 2.31. The molecule has 0 aliphatic heterocycles. The summed E-state index contributed by atoms with van der Waals surface area (Å²) in [7, 11) is 0. The van der Waals surface area contributed by atoms with Gasteiger partial charge >= 0.3 is 0 Å². The van der Waals surface area contributed by atoms with E-state index in [0.717, 1.165) is 0 Å². The highest BCUT2D eigenvalue weighted by Gasteiger charge is 2.31. The second-order valence-electron chi connectivity index (χ2n) is 5.70. The van der Waals surface area contributed by atoms with Gasteiger partial charge in [-0.2, -0.15) is 0 Å². The lowest BCUT2D eigenvalue weighted by Gasteiger charge is -2.22. The molecule has 0 aliphatic carbocycles. The van der Waals surface area contributed by atoms with Gasteiger partial charge in [-0.25, -0.2) is 0 Å². The Kier molecular flexibility index (Phi) is 5.03. The van der Waals surface area contributed by atoms with Gasteiger partial charge in [0.2, 0.25) is 11.8 Å². The van der Waals surface area contributed by atoms with Gasteiger partial charge in [0, 0.05) is 35.9 Å². The minimum atomic E-state index is -0.718. The predicted octanol–water partition coefficient (Wildman–Crippen LogP) is 1.30. The molecule has 4 N–H and O–H groups in total. The largest absolute Gasteiger partial charge is 0.366 e. The Morgan fingerprint density at radius 3 is 1.96 bits per heavy atom. The number of hydrogen-bond acceptors (Lipinski definition) is 5. The number of carbonyl (C=O) groups is 3.